The Morgan fingerprint density at radius 3 is 2.50 bits per heavy atom. The predicted octanol–water partition coefficient (Wildman–Crippen LogP) is 7.00. The van der Waals surface area contributed by atoms with Gasteiger partial charge in [-0.1, -0.05) is 18.5 Å². The predicted molar refractivity (Wildman–Crippen MR) is 123 cm³/mol. The fourth-order valence-electron chi connectivity index (χ4n) is 4.43. The van der Waals surface area contributed by atoms with Crippen molar-refractivity contribution in [3.05, 3.63) is 71.1 Å². The Kier molecular flexibility index (Phi) is 7.32. The van der Waals surface area contributed by atoms with Gasteiger partial charge in [-0.2, -0.15) is 0 Å². The topological polar surface area (TPSA) is 42.0 Å². The maximum atomic E-state index is 13.8. The molecule has 1 fully saturated rings. The van der Waals surface area contributed by atoms with E-state index in [-0.39, 0.29) is 30.0 Å². The first-order valence-corrected chi connectivity index (χ1v) is 10.5. The number of nitrogens with one attached hydrogen (secondary N) is 1. The molecule has 6 heteroatoms. The minimum Gasteiger partial charge on any atom is -0.326 e. The smallest absolute Gasteiger partial charge is 0.227 e. The number of carbonyl (C=O) groups excluding carboxylic acids is 1. The third-order valence-corrected chi connectivity index (χ3v) is 6.43. The molecule has 1 amide bonds. The number of hydrogen-bond donors (Lipinski definition) is 1. The molecule has 0 bridgehead atoms. The molecule has 1 heterocycles. The van der Waals surface area contributed by atoms with E-state index in [0.717, 1.165) is 42.3 Å². The summed E-state index contributed by atoms with van der Waals surface area (Å²) in [6.07, 6.45) is 5.78. The van der Waals surface area contributed by atoms with E-state index in [2.05, 4.69) is 10.3 Å². The fourth-order valence-corrected chi connectivity index (χ4v) is 4.56. The van der Waals surface area contributed by atoms with E-state index in [1.54, 1.807) is 24.3 Å². The number of benzene rings is 2. The van der Waals surface area contributed by atoms with Crippen LogP contribution in [0.15, 0.2) is 54.7 Å². The molecule has 2 aromatic carbocycles. The Hall–Kier alpha value is -2.17. The summed E-state index contributed by atoms with van der Waals surface area (Å²) in [6, 6.07) is 14.0. The lowest BCUT2D eigenvalue weighted by molar-refractivity contribution is -0.121. The maximum absolute atomic E-state index is 13.8. The molecule has 158 valence electrons. The van der Waals surface area contributed by atoms with Crippen molar-refractivity contribution >= 4 is 46.5 Å². The first-order chi connectivity index (χ1) is 14.0. The molecule has 4 rings (SSSR count). The van der Waals surface area contributed by atoms with Crippen molar-refractivity contribution in [1.29, 1.82) is 0 Å². The summed E-state index contributed by atoms with van der Waals surface area (Å²) >= 11 is 5.90. The molecule has 0 radical (unpaired) electrons. The summed E-state index contributed by atoms with van der Waals surface area (Å²) in [4.78, 5) is 17.0. The Bertz CT molecular complexity index is 1020. The van der Waals surface area contributed by atoms with Gasteiger partial charge in [-0.3, -0.25) is 9.78 Å². The van der Waals surface area contributed by atoms with Crippen LogP contribution in [-0.4, -0.2) is 10.9 Å². The molecule has 0 aliphatic heterocycles. The van der Waals surface area contributed by atoms with E-state index in [1.807, 2.05) is 31.3 Å². The molecule has 1 unspecified atom stereocenters. The van der Waals surface area contributed by atoms with Gasteiger partial charge >= 0.3 is 0 Å². The number of halogens is 3. The Balaban J connectivity index is 0.00000256. The zero-order chi connectivity index (χ0) is 20.4. The highest BCUT2D eigenvalue weighted by Crippen LogP contribution is 2.41. The van der Waals surface area contributed by atoms with E-state index in [0.29, 0.717) is 16.9 Å². The lowest BCUT2D eigenvalue weighted by Crippen LogP contribution is -2.29. The zero-order valence-electron chi connectivity index (χ0n) is 16.8. The van der Waals surface area contributed by atoms with Crippen molar-refractivity contribution in [3.8, 4) is 0 Å². The Morgan fingerprint density at radius 1 is 1.10 bits per heavy atom. The molecule has 3 nitrogen and oxygen atoms in total. The molecule has 1 aliphatic carbocycles. The van der Waals surface area contributed by atoms with Crippen LogP contribution < -0.4 is 5.32 Å². The number of nitrogens with zero attached hydrogens (tertiary/aromatic N) is 1. The quantitative estimate of drug-likeness (QED) is 0.468. The maximum Gasteiger partial charge on any atom is 0.227 e. The summed E-state index contributed by atoms with van der Waals surface area (Å²) in [5, 5.41) is 4.55. The van der Waals surface area contributed by atoms with Crippen molar-refractivity contribution < 1.29 is 9.18 Å². The minimum atomic E-state index is -0.229. The molecule has 1 aliphatic rings. The van der Waals surface area contributed by atoms with Gasteiger partial charge in [-0.15, -0.1) is 12.4 Å². The van der Waals surface area contributed by atoms with E-state index in [9.17, 15) is 9.18 Å². The van der Waals surface area contributed by atoms with Crippen LogP contribution in [0.5, 0.6) is 0 Å². The second-order valence-electron chi connectivity index (χ2n) is 7.96. The molecule has 0 saturated heterocycles. The third kappa shape index (κ3) is 4.93. The number of carbonyl (C=O) groups is 1. The van der Waals surface area contributed by atoms with Gasteiger partial charge in [0.25, 0.3) is 0 Å². The van der Waals surface area contributed by atoms with E-state index < -0.39 is 0 Å². The molecule has 0 spiro atoms. The number of rotatable bonds is 4. The average Bonchev–Trinajstić information content (AvgIpc) is 2.74. The standard InChI is InChI=1S/C24H24ClFN2O.ClH/c1-15(24(29)28-20-9-6-18(25)7-10-20)16-2-4-17(5-3-16)21-12-13-27-23-11-8-19(26)14-22(21)23;/h6-17H,2-5H2,1H3,(H,28,29);1H. The van der Waals surface area contributed by atoms with Crippen molar-refractivity contribution in [3.63, 3.8) is 0 Å². The fraction of sp³-hybridized carbons (Fsp3) is 0.333. The molecule has 3 aromatic rings. The molecular weight excluding hydrogens is 422 g/mol. The highest BCUT2D eigenvalue weighted by atomic mass is 35.5. The lowest BCUT2D eigenvalue weighted by Gasteiger charge is -2.32. The summed E-state index contributed by atoms with van der Waals surface area (Å²) in [7, 11) is 0. The molecule has 1 N–H and O–H groups in total. The van der Waals surface area contributed by atoms with Gasteiger partial charge in [0.2, 0.25) is 5.91 Å². The largest absolute Gasteiger partial charge is 0.326 e. The molecule has 1 saturated carbocycles. The van der Waals surface area contributed by atoms with Crippen LogP contribution in [0.1, 0.15) is 44.1 Å². The summed E-state index contributed by atoms with van der Waals surface area (Å²) < 4.78 is 13.8. The van der Waals surface area contributed by atoms with Gasteiger partial charge in [-0.05, 0) is 91.6 Å². The molecular formula is C24H25Cl2FN2O. The highest BCUT2D eigenvalue weighted by molar-refractivity contribution is 6.30. The van der Waals surface area contributed by atoms with Crippen LogP contribution in [0.4, 0.5) is 10.1 Å². The average molecular weight is 447 g/mol. The number of hydrogen-bond acceptors (Lipinski definition) is 2. The second kappa shape index (κ2) is 9.76. The molecule has 1 aromatic heterocycles. The first-order valence-electron chi connectivity index (χ1n) is 10.1. The molecule has 1 atom stereocenters. The minimum absolute atomic E-state index is 0. The van der Waals surface area contributed by atoms with Gasteiger partial charge in [0.05, 0.1) is 5.52 Å². The summed E-state index contributed by atoms with van der Waals surface area (Å²) in [6.45, 7) is 2.01. The van der Waals surface area contributed by atoms with E-state index in [4.69, 9.17) is 11.6 Å². The summed E-state index contributed by atoms with van der Waals surface area (Å²) in [5.74, 6) is 0.492. The van der Waals surface area contributed by atoms with Gasteiger partial charge in [0.1, 0.15) is 5.82 Å². The Morgan fingerprint density at radius 2 is 1.80 bits per heavy atom. The number of anilines is 1. The third-order valence-electron chi connectivity index (χ3n) is 6.18. The normalized spacial score (nSPS) is 19.7. The monoisotopic (exact) mass is 446 g/mol. The van der Waals surface area contributed by atoms with Gasteiger partial charge < -0.3 is 5.32 Å². The number of pyridine rings is 1. The number of fused-ring (bicyclic) bond motifs is 1. The second-order valence-corrected chi connectivity index (χ2v) is 8.39. The van der Waals surface area contributed by atoms with Gasteiger partial charge in [0.15, 0.2) is 0 Å². The number of aromatic nitrogens is 1. The Labute approximate surface area is 187 Å². The van der Waals surface area contributed by atoms with Crippen LogP contribution in [0.25, 0.3) is 10.9 Å². The van der Waals surface area contributed by atoms with Crippen LogP contribution >= 0.6 is 24.0 Å². The highest BCUT2D eigenvalue weighted by Gasteiger charge is 2.30. The van der Waals surface area contributed by atoms with Crippen LogP contribution in [-0.2, 0) is 4.79 Å². The van der Waals surface area contributed by atoms with Crippen molar-refractivity contribution in [1.82, 2.24) is 4.98 Å². The van der Waals surface area contributed by atoms with Crippen molar-refractivity contribution in [2.75, 3.05) is 5.32 Å². The van der Waals surface area contributed by atoms with Crippen LogP contribution in [0, 0.1) is 17.7 Å². The van der Waals surface area contributed by atoms with Crippen LogP contribution in [0.2, 0.25) is 5.02 Å². The SMILES string of the molecule is CC(C(=O)Nc1ccc(Cl)cc1)C1CCC(c2ccnc3ccc(F)cc23)CC1.Cl. The first kappa shape index (κ1) is 22.5. The van der Waals surface area contributed by atoms with Gasteiger partial charge in [0, 0.05) is 28.2 Å². The van der Waals surface area contributed by atoms with E-state index >= 15 is 0 Å². The van der Waals surface area contributed by atoms with Gasteiger partial charge in [-0.25, -0.2) is 4.39 Å². The van der Waals surface area contributed by atoms with E-state index in [1.165, 1.54) is 11.6 Å². The lowest BCUT2D eigenvalue weighted by atomic mass is 9.73. The van der Waals surface area contributed by atoms with Crippen molar-refractivity contribution in [2.45, 2.75) is 38.5 Å². The van der Waals surface area contributed by atoms with Crippen molar-refractivity contribution in [2.24, 2.45) is 11.8 Å². The number of amides is 1. The molecule has 30 heavy (non-hydrogen) atoms. The van der Waals surface area contributed by atoms with Crippen LogP contribution in [0.3, 0.4) is 0 Å². The zero-order valence-corrected chi connectivity index (χ0v) is 18.3. The summed E-state index contributed by atoms with van der Waals surface area (Å²) in [5.41, 5.74) is 2.78.